The van der Waals surface area contributed by atoms with Crippen molar-refractivity contribution in [3.8, 4) is 5.75 Å². The monoisotopic (exact) mass is 405 g/mol. The van der Waals surface area contributed by atoms with Gasteiger partial charge in [0.1, 0.15) is 5.75 Å². The number of aromatic nitrogens is 1. The molecule has 1 aliphatic heterocycles. The van der Waals surface area contributed by atoms with Gasteiger partial charge < -0.3 is 15.0 Å². The van der Waals surface area contributed by atoms with Crippen LogP contribution >= 0.6 is 0 Å². The van der Waals surface area contributed by atoms with Crippen LogP contribution in [0.5, 0.6) is 5.75 Å². The summed E-state index contributed by atoms with van der Waals surface area (Å²) in [6, 6.07) is 17.6. The van der Waals surface area contributed by atoms with Crippen molar-refractivity contribution < 1.29 is 9.53 Å². The predicted octanol–water partition coefficient (Wildman–Crippen LogP) is 2.75. The molecule has 0 bridgehead atoms. The largest absolute Gasteiger partial charge is 0.494 e. The molecule has 1 N–H and O–H groups in total. The quantitative estimate of drug-likeness (QED) is 0.613. The number of rotatable bonds is 7. The molecule has 1 aliphatic rings. The summed E-state index contributed by atoms with van der Waals surface area (Å²) in [7, 11) is 0. The van der Waals surface area contributed by atoms with Crippen LogP contribution in [0, 0.1) is 0 Å². The van der Waals surface area contributed by atoms with Gasteiger partial charge in [0.25, 0.3) is 11.5 Å². The number of hydrogen-bond donors (Lipinski definition) is 1. The van der Waals surface area contributed by atoms with Gasteiger partial charge in [0.05, 0.1) is 12.1 Å². The topological polar surface area (TPSA) is 63.6 Å². The number of unbranched alkanes of at least 4 members (excludes halogenated alkanes) is 1. The minimum Gasteiger partial charge on any atom is -0.494 e. The van der Waals surface area contributed by atoms with Crippen molar-refractivity contribution >= 4 is 16.8 Å². The van der Waals surface area contributed by atoms with Gasteiger partial charge in [-0.05, 0) is 55.1 Å². The van der Waals surface area contributed by atoms with E-state index in [4.69, 9.17) is 4.74 Å². The molecule has 0 radical (unpaired) electrons. The minimum absolute atomic E-state index is 0.334. The molecule has 0 atom stereocenters. The van der Waals surface area contributed by atoms with E-state index >= 15 is 0 Å². The average molecular weight is 405 g/mol. The van der Waals surface area contributed by atoms with Crippen LogP contribution in [-0.2, 0) is 0 Å². The van der Waals surface area contributed by atoms with Gasteiger partial charge >= 0.3 is 0 Å². The molecule has 6 nitrogen and oxygen atoms in total. The average Bonchev–Trinajstić information content (AvgIpc) is 2.79. The Morgan fingerprint density at radius 1 is 0.967 bits per heavy atom. The maximum Gasteiger partial charge on any atom is 0.265 e. The van der Waals surface area contributed by atoms with Crippen LogP contribution in [0.15, 0.2) is 65.5 Å². The molecule has 1 fully saturated rings. The van der Waals surface area contributed by atoms with E-state index < -0.39 is 0 Å². The van der Waals surface area contributed by atoms with E-state index in [2.05, 4.69) is 10.2 Å². The lowest BCUT2D eigenvalue weighted by molar-refractivity contribution is 0.0961. The molecule has 0 unspecified atom stereocenters. The van der Waals surface area contributed by atoms with Crippen LogP contribution in [-0.4, -0.2) is 54.7 Å². The Labute approximate surface area is 176 Å². The highest BCUT2D eigenvalue weighted by atomic mass is 16.5. The molecule has 0 saturated carbocycles. The van der Waals surface area contributed by atoms with Crippen LogP contribution in [0.1, 0.15) is 23.2 Å². The summed E-state index contributed by atoms with van der Waals surface area (Å²) in [6.07, 6.45) is 2.05. The number of piperazine rings is 1. The first-order chi connectivity index (χ1) is 14.7. The number of ether oxygens (including phenoxy) is 1. The standard InChI is InChI=1S/C24H27N3O3/c28-23-11-9-19-8-10-21(30-17-5-4-14-26-15-12-25-13-16-26)18-22(19)27(23)24(29)20-6-2-1-3-7-20/h1-3,6-11,18,25H,4-5,12-17H2. The molecule has 1 saturated heterocycles. The first-order valence-corrected chi connectivity index (χ1v) is 10.5. The first-order valence-electron chi connectivity index (χ1n) is 10.5. The molecule has 3 aromatic rings. The molecule has 4 rings (SSSR count). The van der Waals surface area contributed by atoms with E-state index in [1.165, 1.54) is 10.6 Å². The Balaban J connectivity index is 1.45. The maximum atomic E-state index is 13.0. The molecule has 6 heteroatoms. The van der Waals surface area contributed by atoms with Crippen LogP contribution in [0.25, 0.3) is 10.9 Å². The van der Waals surface area contributed by atoms with Gasteiger partial charge in [-0.1, -0.05) is 18.2 Å². The molecule has 2 heterocycles. The third-order valence-corrected chi connectivity index (χ3v) is 5.44. The number of fused-ring (bicyclic) bond motifs is 1. The lowest BCUT2D eigenvalue weighted by atomic mass is 10.1. The van der Waals surface area contributed by atoms with Crippen molar-refractivity contribution in [3.63, 3.8) is 0 Å². The number of nitrogens with one attached hydrogen (secondary N) is 1. The van der Waals surface area contributed by atoms with Crippen molar-refractivity contribution in [3.05, 3.63) is 76.6 Å². The first kappa shape index (κ1) is 20.3. The van der Waals surface area contributed by atoms with Gasteiger partial charge in [-0.2, -0.15) is 0 Å². The normalized spacial score (nSPS) is 14.7. The smallest absolute Gasteiger partial charge is 0.265 e. The van der Waals surface area contributed by atoms with Gasteiger partial charge in [0.2, 0.25) is 0 Å². The zero-order chi connectivity index (χ0) is 20.8. The summed E-state index contributed by atoms with van der Waals surface area (Å²) in [5.74, 6) is 0.337. The molecule has 30 heavy (non-hydrogen) atoms. The lowest BCUT2D eigenvalue weighted by Crippen LogP contribution is -2.43. The van der Waals surface area contributed by atoms with Crippen molar-refractivity contribution in [1.29, 1.82) is 0 Å². The van der Waals surface area contributed by atoms with E-state index in [9.17, 15) is 9.59 Å². The minimum atomic E-state index is -0.343. The van der Waals surface area contributed by atoms with Gasteiger partial charge in [-0.15, -0.1) is 0 Å². The van der Waals surface area contributed by atoms with Gasteiger partial charge in [0.15, 0.2) is 0 Å². The fourth-order valence-corrected chi connectivity index (χ4v) is 3.78. The summed E-state index contributed by atoms with van der Waals surface area (Å²) in [5.41, 5.74) is 0.700. The number of nitrogens with zero attached hydrogens (tertiary/aromatic N) is 2. The van der Waals surface area contributed by atoms with E-state index in [1.807, 2.05) is 18.2 Å². The van der Waals surface area contributed by atoms with E-state index in [0.29, 0.717) is 23.4 Å². The number of pyridine rings is 1. The van der Waals surface area contributed by atoms with E-state index in [0.717, 1.165) is 51.0 Å². The second kappa shape index (κ2) is 9.69. The summed E-state index contributed by atoms with van der Waals surface area (Å²) < 4.78 is 7.15. The molecule has 0 amide bonds. The number of hydrogen-bond acceptors (Lipinski definition) is 5. The van der Waals surface area contributed by atoms with Gasteiger partial charge in [-0.3, -0.25) is 9.59 Å². The van der Waals surface area contributed by atoms with Crippen LogP contribution < -0.4 is 15.6 Å². The van der Waals surface area contributed by atoms with Crippen molar-refractivity contribution in [2.75, 3.05) is 39.3 Å². The SMILES string of the molecule is O=C(c1ccccc1)n1c(=O)ccc2ccc(OCCCCN3CCNCC3)cc21. The van der Waals surface area contributed by atoms with Crippen LogP contribution in [0.4, 0.5) is 0 Å². The summed E-state index contributed by atoms with van der Waals surface area (Å²) in [4.78, 5) is 27.9. The fourth-order valence-electron chi connectivity index (χ4n) is 3.78. The second-order valence-electron chi connectivity index (χ2n) is 7.55. The molecule has 1 aromatic heterocycles. The van der Waals surface area contributed by atoms with Crippen molar-refractivity contribution in [2.24, 2.45) is 0 Å². The zero-order valence-corrected chi connectivity index (χ0v) is 17.0. The molecule has 2 aromatic carbocycles. The Hall–Kier alpha value is -2.96. The molecular weight excluding hydrogens is 378 g/mol. The van der Waals surface area contributed by atoms with Crippen LogP contribution in [0.2, 0.25) is 0 Å². The van der Waals surface area contributed by atoms with E-state index in [-0.39, 0.29) is 11.5 Å². The zero-order valence-electron chi connectivity index (χ0n) is 17.0. The Bertz CT molecular complexity index is 1060. The van der Waals surface area contributed by atoms with Gasteiger partial charge in [0, 0.05) is 43.9 Å². The summed E-state index contributed by atoms with van der Waals surface area (Å²) in [5, 5.41) is 4.19. The van der Waals surface area contributed by atoms with Crippen molar-refractivity contribution in [2.45, 2.75) is 12.8 Å². The Morgan fingerprint density at radius 2 is 1.73 bits per heavy atom. The molecule has 0 spiro atoms. The summed E-state index contributed by atoms with van der Waals surface area (Å²) in [6.45, 7) is 6.06. The second-order valence-corrected chi connectivity index (χ2v) is 7.55. The fraction of sp³-hybridized carbons (Fsp3) is 0.333. The Kier molecular flexibility index (Phi) is 6.57. The highest BCUT2D eigenvalue weighted by Gasteiger charge is 2.14. The number of carbonyl (C=O) groups is 1. The number of carbonyl (C=O) groups excluding carboxylic acids is 1. The Morgan fingerprint density at radius 3 is 2.53 bits per heavy atom. The van der Waals surface area contributed by atoms with Crippen molar-refractivity contribution in [1.82, 2.24) is 14.8 Å². The molecule has 0 aliphatic carbocycles. The maximum absolute atomic E-state index is 13.0. The highest BCUT2D eigenvalue weighted by Crippen LogP contribution is 2.21. The molecule has 156 valence electrons. The number of benzene rings is 2. The highest BCUT2D eigenvalue weighted by molar-refractivity contribution is 6.01. The summed E-state index contributed by atoms with van der Waals surface area (Å²) >= 11 is 0. The predicted molar refractivity (Wildman–Crippen MR) is 118 cm³/mol. The third-order valence-electron chi connectivity index (χ3n) is 5.44. The van der Waals surface area contributed by atoms with E-state index in [1.54, 1.807) is 36.4 Å². The molecular formula is C24H27N3O3. The van der Waals surface area contributed by atoms with Gasteiger partial charge in [-0.25, -0.2) is 4.57 Å². The lowest BCUT2D eigenvalue weighted by Gasteiger charge is -2.26. The third kappa shape index (κ3) is 4.78. The van der Waals surface area contributed by atoms with Crippen LogP contribution in [0.3, 0.4) is 0 Å².